The molecule has 0 unspecified atom stereocenters. The van der Waals surface area contributed by atoms with Crippen molar-refractivity contribution in [3.8, 4) is 0 Å². The number of likely N-dealkylation sites (N-methyl/N-ethyl adjacent to an activating group) is 1. The molecule has 4 aliphatic rings. The van der Waals surface area contributed by atoms with E-state index < -0.39 is 64.7 Å². The molecule has 4 aromatic carbocycles. The molecular formula is C63H82N6O10S2. The lowest BCUT2D eigenvalue weighted by Crippen LogP contribution is -2.61. The van der Waals surface area contributed by atoms with E-state index in [2.05, 4.69) is 40.2 Å². The number of ketones is 1. The van der Waals surface area contributed by atoms with Crippen molar-refractivity contribution in [2.45, 2.75) is 167 Å². The average Bonchev–Trinajstić information content (AvgIpc) is 3.89. The normalized spacial score (nSPS) is 23.6. The van der Waals surface area contributed by atoms with Crippen LogP contribution in [0.4, 0.5) is 4.79 Å². The molecule has 4 aromatic rings. The highest BCUT2D eigenvalue weighted by molar-refractivity contribution is 8.00. The van der Waals surface area contributed by atoms with Gasteiger partial charge in [0.2, 0.25) is 29.5 Å². The molecule has 0 bridgehead atoms. The summed E-state index contributed by atoms with van der Waals surface area (Å²) < 4.78 is 18.3. The fourth-order valence-corrected chi connectivity index (χ4v) is 14.7. The van der Waals surface area contributed by atoms with Gasteiger partial charge in [-0.15, -0.1) is 23.5 Å². The van der Waals surface area contributed by atoms with Gasteiger partial charge >= 0.3 is 6.09 Å². The molecule has 3 N–H and O–H groups in total. The van der Waals surface area contributed by atoms with Crippen molar-refractivity contribution in [3.05, 3.63) is 119 Å². The van der Waals surface area contributed by atoms with Crippen LogP contribution in [0, 0.1) is 16.7 Å². The Morgan fingerprint density at radius 2 is 1.19 bits per heavy atom. The van der Waals surface area contributed by atoms with Crippen LogP contribution in [0.15, 0.2) is 97.1 Å². The fraction of sp³-hybridized carbons (Fsp3) is 0.540. The number of nitrogens with zero attached hydrogens (tertiary/aromatic N) is 3. The molecule has 4 saturated heterocycles. The largest absolute Gasteiger partial charge is 0.444 e. The number of benzene rings is 4. The number of amides is 6. The summed E-state index contributed by atoms with van der Waals surface area (Å²) in [6.45, 7) is 19.8. The van der Waals surface area contributed by atoms with Gasteiger partial charge in [-0.1, -0.05) is 126 Å². The maximum atomic E-state index is 14.7. The molecule has 436 valence electrons. The minimum atomic E-state index is -0.902. The summed E-state index contributed by atoms with van der Waals surface area (Å²) in [6, 6.07) is 27.5. The van der Waals surface area contributed by atoms with Crippen LogP contribution >= 0.6 is 23.5 Å². The van der Waals surface area contributed by atoms with E-state index in [4.69, 9.17) is 14.2 Å². The highest BCUT2D eigenvalue weighted by atomic mass is 32.2. The summed E-state index contributed by atoms with van der Waals surface area (Å²) in [6.07, 6.45) is 1.45. The van der Waals surface area contributed by atoms with Crippen molar-refractivity contribution in [2.75, 3.05) is 31.8 Å². The third-order valence-electron chi connectivity index (χ3n) is 16.3. The number of hydrogen-bond acceptors (Lipinski definition) is 12. The first-order valence-corrected chi connectivity index (χ1v) is 30.5. The van der Waals surface area contributed by atoms with Crippen LogP contribution in [-0.4, -0.2) is 134 Å². The molecule has 0 saturated carbocycles. The van der Waals surface area contributed by atoms with Gasteiger partial charge in [-0.05, 0) is 103 Å². The zero-order valence-electron chi connectivity index (χ0n) is 48.8. The zero-order chi connectivity index (χ0) is 58.6. The van der Waals surface area contributed by atoms with Crippen molar-refractivity contribution in [2.24, 2.45) is 16.7 Å². The molecule has 0 aliphatic carbocycles. The first kappa shape index (κ1) is 61.1. The number of rotatable bonds is 21. The van der Waals surface area contributed by atoms with Crippen LogP contribution in [0.1, 0.15) is 129 Å². The first-order chi connectivity index (χ1) is 38.3. The number of carbonyl (C=O) groups is 7. The number of fused-ring (bicyclic) bond motifs is 3. The zero-order valence-corrected chi connectivity index (χ0v) is 50.5. The van der Waals surface area contributed by atoms with Gasteiger partial charge in [-0.3, -0.25) is 33.7 Å². The number of ether oxygens (including phenoxy) is 3. The summed E-state index contributed by atoms with van der Waals surface area (Å²) in [5, 5.41) is 10.7. The summed E-state index contributed by atoms with van der Waals surface area (Å²) >= 11 is 3.17. The molecule has 0 radical (unpaired) electrons. The maximum absolute atomic E-state index is 14.7. The van der Waals surface area contributed by atoms with Gasteiger partial charge < -0.3 is 40.0 Å². The van der Waals surface area contributed by atoms with Gasteiger partial charge in [0.1, 0.15) is 29.8 Å². The van der Waals surface area contributed by atoms with Gasteiger partial charge in [0.25, 0.3) is 0 Å². The van der Waals surface area contributed by atoms with Crippen molar-refractivity contribution in [3.63, 3.8) is 0 Å². The van der Waals surface area contributed by atoms with Crippen molar-refractivity contribution < 1.29 is 47.8 Å². The molecule has 4 aliphatic heterocycles. The highest BCUT2D eigenvalue weighted by Crippen LogP contribution is 2.49. The second-order valence-electron chi connectivity index (χ2n) is 24.8. The Bertz CT molecular complexity index is 2940. The van der Waals surface area contributed by atoms with Crippen LogP contribution in [-0.2, 0) is 56.2 Å². The molecule has 8 rings (SSSR count). The van der Waals surface area contributed by atoms with Crippen LogP contribution in [0.25, 0.3) is 10.8 Å². The number of Topliss-reactive ketones (excluding diaryl/α,β-unsaturated/α-hetero) is 1. The third-order valence-corrected chi connectivity index (χ3v) is 18.9. The molecule has 18 heteroatoms. The van der Waals surface area contributed by atoms with Crippen LogP contribution in [0.5, 0.6) is 0 Å². The molecule has 0 aromatic heterocycles. The van der Waals surface area contributed by atoms with Crippen LogP contribution in [0.2, 0.25) is 0 Å². The van der Waals surface area contributed by atoms with E-state index >= 15 is 0 Å². The second-order valence-corrected chi connectivity index (χ2v) is 27.2. The van der Waals surface area contributed by atoms with Crippen molar-refractivity contribution in [1.29, 1.82) is 0 Å². The predicted molar refractivity (Wildman–Crippen MR) is 317 cm³/mol. The van der Waals surface area contributed by atoms with E-state index in [1.54, 1.807) is 61.0 Å². The standard InChI is InChI=1S/C63H82N6O10S2/c1-12-38(2)55(71)65-48-36-81-52-31-63(9,10)54(69(52)59(48)75)57(73)64-47(43-21-17-14-18-22-43)35-78-33-41-24-26-44-27-40(23-25-45(44)28-41)32-77-34-46(42-19-15-13-16-20-42)29-50(70)53-62(7,8)30-51-68(53)58(74)49(37-80-51)66-56(72)39(3)67(11)60(76)79-61(4,5)6/h13-28,38-39,46-49,51-54H,12,29-37H2,1-11H3,(H,64,73)(H,65,71)(H,66,72)/t38-,39+,46-,47-,48+,49+,51+,52+,53-,54-/m1/s1. The quantitative estimate of drug-likeness (QED) is 0.0718. The van der Waals surface area contributed by atoms with E-state index in [0.717, 1.165) is 33.0 Å². The van der Waals surface area contributed by atoms with E-state index in [1.807, 2.05) is 114 Å². The van der Waals surface area contributed by atoms with Crippen molar-refractivity contribution in [1.82, 2.24) is 30.7 Å². The van der Waals surface area contributed by atoms with E-state index in [-0.39, 0.29) is 71.6 Å². The van der Waals surface area contributed by atoms with E-state index in [1.165, 1.54) is 11.9 Å². The Morgan fingerprint density at radius 3 is 1.72 bits per heavy atom. The Kier molecular flexibility index (Phi) is 19.4. The Balaban J connectivity index is 0.875. The van der Waals surface area contributed by atoms with Crippen LogP contribution in [0.3, 0.4) is 0 Å². The molecule has 6 amide bonds. The van der Waals surface area contributed by atoms with Gasteiger partial charge in [0.05, 0.1) is 49.3 Å². The van der Waals surface area contributed by atoms with Crippen molar-refractivity contribution >= 4 is 75.7 Å². The number of thioether (sulfide) groups is 2. The lowest BCUT2D eigenvalue weighted by Gasteiger charge is -2.39. The summed E-state index contributed by atoms with van der Waals surface area (Å²) in [5.74, 6) is -1.17. The maximum Gasteiger partial charge on any atom is 0.410 e. The van der Waals surface area contributed by atoms with Gasteiger partial charge in [0.15, 0.2) is 5.78 Å². The van der Waals surface area contributed by atoms with Gasteiger partial charge in [-0.2, -0.15) is 0 Å². The summed E-state index contributed by atoms with van der Waals surface area (Å²) in [7, 11) is 1.49. The molecule has 81 heavy (non-hydrogen) atoms. The number of nitrogens with one attached hydrogen (secondary N) is 3. The van der Waals surface area contributed by atoms with Crippen LogP contribution < -0.4 is 16.0 Å². The smallest absolute Gasteiger partial charge is 0.410 e. The summed E-state index contributed by atoms with van der Waals surface area (Å²) in [5.41, 5.74) is 1.99. The van der Waals surface area contributed by atoms with Gasteiger partial charge in [-0.25, -0.2) is 4.79 Å². The SMILES string of the molecule is CC[C@@H](C)C(=O)N[C@H]1CS[C@H]2CC(C)(C)[C@@H](C(=O)N[C@H](COCc3ccc4cc(COC[C@@H](CC(=O)[C@H]5N6C(=O)[C@@H](NC(=O)[C@H](C)N(C)C(=O)OC(C)(C)C)CS[C@H]6CC5(C)C)c5ccccc5)ccc4c3)c3ccccc3)N2C1=O. The molecule has 10 atom stereocenters. The lowest BCUT2D eigenvalue weighted by molar-refractivity contribution is -0.144. The molecule has 16 nitrogen and oxygen atoms in total. The Hall–Kier alpha value is -5.95. The predicted octanol–water partition coefficient (Wildman–Crippen LogP) is 9.14. The van der Waals surface area contributed by atoms with E-state index in [9.17, 15) is 33.6 Å². The minimum Gasteiger partial charge on any atom is -0.444 e. The fourth-order valence-electron chi connectivity index (χ4n) is 11.5. The third kappa shape index (κ3) is 14.5. The monoisotopic (exact) mass is 1150 g/mol. The van der Waals surface area contributed by atoms with Gasteiger partial charge in [0, 0.05) is 36.8 Å². The minimum absolute atomic E-state index is 0.0652. The average molecular weight is 1150 g/mol. The highest BCUT2D eigenvalue weighted by Gasteiger charge is 2.57. The number of hydrogen-bond donors (Lipinski definition) is 3. The first-order valence-electron chi connectivity index (χ1n) is 28.4. The Morgan fingerprint density at radius 1 is 0.691 bits per heavy atom. The molecule has 0 spiro atoms. The van der Waals surface area contributed by atoms with E-state index in [0.29, 0.717) is 44.0 Å². The molecule has 4 fully saturated rings. The second kappa shape index (κ2) is 25.7. The Labute approximate surface area is 486 Å². The molecular weight excluding hydrogens is 1060 g/mol. The molecule has 4 heterocycles. The number of carbonyl (C=O) groups excluding carboxylic acids is 7. The lowest BCUT2D eigenvalue weighted by atomic mass is 9.79. The summed E-state index contributed by atoms with van der Waals surface area (Å²) in [4.78, 5) is 101. The topological polar surface area (TPSA) is 193 Å².